The van der Waals surface area contributed by atoms with E-state index >= 15 is 0 Å². The largest absolute Gasteiger partial charge is 0.302 e. The maximum Gasteiger partial charge on any atom is 0.225 e. The lowest BCUT2D eigenvalue weighted by Gasteiger charge is -1.98. The molecule has 1 aromatic heterocycles. The van der Waals surface area contributed by atoms with Gasteiger partial charge < -0.3 is 5.32 Å². The van der Waals surface area contributed by atoms with E-state index in [1.807, 2.05) is 0 Å². The van der Waals surface area contributed by atoms with Gasteiger partial charge in [0.05, 0.1) is 0 Å². The van der Waals surface area contributed by atoms with Gasteiger partial charge in [0.15, 0.2) is 5.13 Å². The van der Waals surface area contributed by atoms with E-state index in [1.165, 1.54) is 23.5 Å². The molecule has 1 amide bonds. The van der Waals surface area contributed by atoms with Gasteiger partial charge in [-0.25, -0.2) is 9.37 Å². The molecule has 0 saturated heterocycles. The zero-order chi connectivity index (χ0) is 13.0. The number of hydrogen-bond donors (Lipinski definition) is 1. The molecule has 94 valence electrons. The number of nitrogens with one attached hydrogen (secondary N) is 1. The smallest absolute Gasteiger partial charge is 0.225 e. The number of thiazole rings is 1. The number of carbonyl (C=O) groups excluding carboxylic acids is 1. The van der Waals surface area contributed by atoms with Gasteiger partial charge in [0, 0.05) is 23.9 Å². The normalized spacial score (nSPS) is 10.3. The summed E-state index contributed by atoms with van der Waals surface area (Å²) in [5.74, 6) is -0.281. The fourth-order valence-corrected chi connectivity index (χ4v) is 2.32. The summed E-state index contributed by atoms with van der Waals surface area (Å²) in [5.41, 5.74) is 1.02. The molecule has 0 bridgehead atoms. The maximum atomic E-state index is 12.8. The van der Waals surface area contributed by atoms with Crippen molar-refractivity contribution in [3.63, 3.8) is 0 Å². The Morgan fingerprint density at radius 2 is 2.11 bits per heavy atom. The first-order valence-electron chi connectivity index (χ1n) is 5.66. The lowest BCUT2D eigenvalue weighted by atomic mass is 10.1. The van der Waals surface area contributed by atoms with Crippen LogP contribution in [0.2, 0.25) is 0 Å². The lowest BCUT2D eigenvalue weighted by molar-refractivity contribution is -0.115. The Morgan fingerprint density at radius 1 is 1.39 bits per heavy atom. The molecule has 0 saturated carbocycles. The van der Waals surface area contributed by atoms with E-state index in [-0.39, 0.29) is 11.7 Å². The van der Waals surface area contributed by atoms with Crippen LogP contribution in [0.4, 0.5) is 9.52 Å². The number of anilines is 1. The van der Waals surface area contributed by atoms with Crippen LogP contribution in [0.5, 0.6) is 0 Å². The van der Waals surface area contributed by atoms with Crippen LogP contribution in [-0.2, 0) is 11.2 Å². The van der Waals surface area contributed by atoms with E-state index in [2.05, 4.69) is 10.3 Å². The fraction of sp³-hybridized carbons (Fsp3) is 0.231. The van der Waals surface area contributed by atoms with Gasteiger partial charge in [-0.3, -0.25) is 4.79 Å². The van der Waals surface area contributed by atoms with Crippen molar-refractivity contribution in [2.75, 3.05) is 5.32 Å². The van der Waals surface area contributed by atoms with Crippen LogP contribution in [0.25, 0.3) is 0 Å². The summed E-state index contributed by atoms with van der Waals surface area (Å²) in [6.45, 7) is 1.79. The number of carbonyl (C=O) groups is 1. The van der Waals surface area contributed by atoms with Crippen LogP contribution in [0.15, 0.2) is 30.5 Å². The number of amides is 1. The molecule has 0 aliphatic heterocycles. The Labute approximate surface area is 109 Å². The molecular formula is C13H13FN2OS. The van der Waals surface area contributed by atoms with E-state index < -0.39 is 0 Å². The van der Waals surface area contributed by atoms with Gasteiger partial charge in [-0.1, -0.05) is 19.1 Å². The second kappa shape index (κ2) is 5.73. The average Bonchev–Trinajstić information content (AvgIpc) is 2.79. The Balaban J connectivity index is 2.02. The van der Waals surface area contributed by atoms with Gasteiger partial charge in [0.2, 0.25) is 5.91 Å². The van der Waals surface area contributed by atoms with Crippen LogP contribution in [-0.4, -0.2) is 10.9 Å². The molecule has 1 aromatic carbocycles. The molecule has 2 aromatic rings. The fourth-order valence-electron chi connectivity index (χ4n) is 1.46. The van der Waals surface area contributed by atoms with Gasteiger partial charge in [0.1, 0.15) is 5.82 Å². The van der Waals surface area contributed by atoms with Gasteiger partial charge in [-0.05, 0) is 17.7 Å². The topological polar surface area (TPSA) is 42.0 Å². The summed E-state index contributed by atoms with van der Waals surface area (Å²) in [6, 6.07) is 6.38. The van der Waals surface area contributed by atoms with E-state index in [0.717, 1.165) is 10.4 Å². The van der Waals surface area contributed by atoms with Crippen molar-refractivity contribution in [2.24, 2.45) is 0 Å². The quantitative estimate of drug-likeness (QED) is 0.921. The zero-order valence-corrected chi connectivity index (χ0v) is 10.8. The van der Waals surface area contributed by atoms with Gasteiger partial charge in [0.25, 0.3) is 0 Å². The van der Waals surface area contributed by atoms with Crippen LogP contribution in [0, 0.1) is 5.82 Å². The third-order valence-corrected chi connectivity index (χ3v) is 3.33. The molecule has 5 heteroatoms. The van der Waals surface area contributed by atoms with E-state index in [1.54, 1.807) is 25.3 Å². The number of hydrogen-bond acceptors (Lipinski definition) is 3. The monoisotopic (exact) mass is 264 g/mol. The molecule has 0 aliphatic rings. The Bertz CT molecular complexity index is 536. The molecule has 0 aliphatic carbocycles. The first-order valence-corrected chi connectivity index (χ1v) is 6.48. The standard InChI is InChI=1S/C13H13FN2OS/c1-2-12(17)16-13-15-8-11(18-13)7-9-3-5-10(14)6-4-9/h3-6,8H,2,7H2,1H3,(H,15,16,17). The molecule has 18 heavy (non-hydrogen) atoms. The summed E-state index contributed by atoms with van der Waals surface area (Å²) < 4.78 is 12.8. The first kappa shape index (κ1) is 12.7. The van der Waals surface area contributed by atoms with Crippen LogP contribution < -0.4 is 5.32 Å². The highest BCUT2D eigenvalue weighted by molar-refractivity contribution is 7.15. The molecule has 0 unspecified atom stereocenters. The molecule has 2 rings (SSSR count). The van der Waals surface area contributed by atoms with Crippen LogP contribution >= 0.6 is 11.3 Å². The van der Waals surface area contributed by atoms with Crippen molar-refractivity contribution in [1.29, 1.82) is 0 Å². The molecule has 0 spiro atoms. The Hall–Kier alpha value is -1.75. The number of benzene rings is 1. The molecule has 0 fully saturated rings. The minimum atomic E-state index is -0.237. The van der Waals surface area contributed by atoms with Crippen molar-refractivity contribution >= 4 is 22.4 Å². The van der Waals surface area contributed by atoms with Gasteiger partial charge in [-0.2, -0.15) is 0 Å². The molecule has 3 nitrogen and oxygen atoms in total. The van der Waals surface area contributed by atoms with E-state index in [0.29, 0.717) is 18.0 Å². The minimum absolute atomic E-state index is 0.0438. The molecule has 1 heterocycles. The summed E-state index contributed by atoms with van der Waals surface area (Å²) in [5, 5.41) is 3.33. The van der Waals surface area contributed by atoms with E-state index in [9.17, 15) is 9.18 Å². The molecule has 0 atom stereocenters. The van der Waals surface area contributed by atoms with E-state index in [4.69, 9.17) is 0 Å². The zero-order valence-electron chi connectivity index (χ0n) is 9.94. The summed E-state index contributed by atoms with van der Waals surface area (Å²) in [6.07, 6.45) is 2.87. The third kappa shape index (κ3) is 3.37. The summed E-state index contributed by atoms with van der Waals surface area (Å²) >= 11 is 1.44. The average molecular weight is 264 g/mol. The van der Waals surface area contributed by atoms with Crippen molar-refractivity contribution in [3.8, 4) is 0 Å². The molecule has 0 radical (unpaired) electrons. The van der Waals surface area contributed by atoms with Crippen molar-refractivity contribution in [1.82, 2.24) is 4.98 Å². The van der Waals surface area contributed by atoms with Gasteiger partial charge in [-0.15, -0.1) is 11.3 Å². The third-order valence-electron chi connectivity index (χ3n) is 2.41. The SMILES string of the molecule is CCC(=O)Nc1ncc(Cc2ccc(F)cc2)s1. The number of halogens is 1. The minimum Gasteiger partial charge on any atom is -0.302 e. The van der Waals surface area contributed by atoms with Crippen LogP contribution in [0.3, 0.4) is 0 Å². The lowest BCUT2D eigenvalue weighted by Crippen LogP contribution is -2.08. The highest BCUT2D eigenvalue weighted by Crippen LogP contribution is 2.21. The predicted molar refractivity (Wildman–Crippen MR) is 70.2 cm³/mol. The molecular weight excluding hydrogens is 251 g/mol. The number of aromatic nitrogens is 1. The van der Waals surface area contributed by atoms with Crippen molar-refractivity contribution < 1.29 is 9.18 Å². The summed E-state index contributed by atoms with van der Waals surface area (Å²) in [7, 11) is 0. The van der Waals surface area contributed by atoms with Gasteiger partial charge >= 0.3 is 0 Å². The van der Waals surface area contributed by atoms with Crippen molar-refractivity contribution in [2.45, 2.75) is 19.8 Å². The second-order valence-corrected chi connectivity index (χ2v) is 4.95. The van der Waals surface area contributed by atoms with Crippen molar-refractivity contribution in [3.05, 3.63) is 46.7 Å². The predicted octanol–water partition coefficient (Wildman–Crippen LogP) is 3.22. The molecule has 1 N–H and O–H groups in total. The van der Waals surface area contributed by atoms with Crippen LogP contribution in [0.1, 0.15) is 23.8 Å². The highest BCUT2D eigenvalue weighted by atomic mass is 32.1. The first-order chi connectivity index (χ1) is 8.67. The number of nitrogens with zero attached hydrogens (tertiary/aromatic N) is 1. The second-order valence-electron chi connectivity index (χ2n) is 3.84. The Morgan fingerprint density at radius 3 is 2.78 bits per heavy atom. The summed E-state index contributed by atoms with van der Waals surface area (Å²) in [4.78, 5) is 16.4. The highest BCUT2D eigenvalue weighted by Gasteiger charge is 2.05. The number of rotatable bonds is 4. The Kier molecular flexibility index (Phi) is 4.04. The maximum absolute atomic E-state index is 12.8.